The maximum Gasteiger partial charge on any atom is 0.157 e. The lowest BCUT2D eigenvalue weighted by molar-refractivity contribution is 0.369. The maximum atomic E-state index is 10.1. The number of phenols is 4. The number of phenolic OH excluding ortho intramolecular Hbond substituents is 4. The van der Waals surface area contributed by atoms with Crippen LogP contribution in [0.25, 0.3) is 12.2 Å². The number of aromatic hydroxyl groups is 4. The van der Waals surface area contributed by atoms with E-state index in [2.05, 4.69) is 0 Å². The Morgan fingerprint density at radius 2 is 0.809 bits per heavy atom. The molecule has 11 heteroatoms. The molecule has 10 nitrogen and oxygen atoms in total. The maximum absolute atomic E-state index is 10.1. The largest absolute Gasteiger partial charge is 0.504 e. The van der Waals surface area contributed by atoms with Crippen LogP contribution in [0, 0.1) is 0 Å². The molecule has 0 fully saturated rings. The van der Waals surface area contributed by atoms with Gasteiger partial charge >= 0.3 is 0 Å². The Bertz CT molecular complexity index is 1570. The summed E-state index contributed by atoms with van der Waals surface area (Å²) in [7, 11) is 9.36. The summed E-state index contributed by atoms with van der Waals surface area (Å²) in [6.07, 6.45) is 7.50. The molecule has 4 aromatic rings. The first-order chi connectivity index (χ1) is 22.6. The van der Waals surface area contributed by atoms with Gasteiger partial charge in [0.2, 0.25) is 0 Å². The topological polar surface area (TPSA) is 136 Å². The molecule has 47 heavy (non-hydrogen) atoms. The van der Waals surface area contributed by atoms with E-state index in [1.54, 1.807) is 79.1 Å². The zero-order chi connectivity index (χ0) is 34.1. The predicted molar refractivity (Wildman–Crippen MR) is 183 cm³/mol. The van der Waals surface area contributed by atoms with Crippen molar-refractivity contribution in [2.75, 3.05) is 42.7 Å². The van der Waals surface area contributed by atoms with Gasteiger partial charge in [0.1, 0.15) is 34.5 Å². The average Bonchev–Trinajstić information content (AvgIpc) is 3.09. The lowest BCUT2D eigenvalue weighted by atomic mass is 10.1. The van der Waals surface area contributed by atoms with Crippen LogP contribution in [0.2, 0.25) is 0 Å². The third-order valence-electron chi connectivity index (χ3n) is 7.29. The molecule has 0 aliphatic carbocycles. The molecular formula is C36H38O10S. The molecule has 4 rings (SSSR count). The predicted octanol–water partition coefficient (Wildman–Crippen LogP) is 7.50. The minimum Gasteiger partial charge on any atom is -0.504 e. The lowest BCUT2D eigenvalue weighted by Crippen LogP contribution is -2.05. The van der Waals surface area contributed by atoms with Gasteiger partial charge in [-0.25, -0.2) is 0 Å². The smallest absolute Gasteiger partial charge is 0.157 e. The normalized spacial score (nSPS) is 12.6. The Hall–Kier alpha value is -5.29. The van der Waals surface area contributed by atoms with Gasteiger partial charge in [-0.05, 0) is 35.4 Å². The molecule has 0 amide bonds. The van der Waals surface area contributed by atoms with E-state index in [1.165, 1.54) is 36.0 Å². The molecule has 0 saturated heterocycles. The van der Waals surface area contributed by atoms with Crippen LogP contribution in [0.5, 0.6) is 57.5 Å². The summed E-state index contributed by atoms with van der Waals surface area (Å²) in [5.41, 5.74) is 2.69. The number of rotatable bonds is 14. The van der Waals surface area contributed by atoms with Crippen LogP contribution in [0.4, 0.5) is 0 Å². The first kappa shape index (κ1) is 34.6. The Morgan fingerprint density at radius 1 is 0.468 bits per heavy atom. The summed E-state index contributed by atoms with van der Waals surface area (Å²) in [6.45, 7) is 0. The molecule has 0 aliphatic rings. The van der Waals surface area contributed by atoms with Crippen molar-refractivity contribution in [2.24, 2.45) is 0 Å². The van der Waals surface area contributed by atoms with E-state index in [-0.39, 0.29) is 23.0 Å². The summed E-state index contributed by atoms with van der Waals surface area (Å²) < 4.78 is 34.4. The number of thioether (sulfide) groups is 1. The minimum atomic E-state index is -0.471. The summed E-state index contributed by atoms with van der Waals surface area (Å²) >= 11 is 1.50. The fourth-order valence-corrected chi connectivity index (χ4v) is 6.28. The highest BCUT2D eigenvalue weighted by molar-refractivity contribution is 8.00. The summed E-state index contributed by atoms with van der Waals surface area (Å²) in [5.74, 6) is 2.18. The standard InChI is InChI=1S/C36H38O10S/c1-41-23-17-29(43-3)35(30(18-23)44-4)33(13-9-21-7-11-25(37)27(39)15-21)47-34(14-10-22-8-12-26(38)28(40)16-22)36-31(45-5)19-24(42-2)20-32(36)46-6/h7-20,33-34,37-40H,1-6H3/b13-9-,14-10-. The third-order valence-corrected chi connectivity index (χ3v) is 8.67. The first-order valence-corrected chi connectivity index (χ1v) is 15.3. The molecule has 0 aliphatic heterocycles. The molecule has 0 saturated carbocycles. The SMILES string of the molecule is COc1cc(OC)c(C(/C=C\c2ccc(O)c(O)c2)SC(/C=C\c2ccc(O)c(O)c2)c2c(OC)cc(OC)cc2OC)c(OC)c1. The lowest BCUT2D eigenvalue weighted by Gasteiger charge is -2.26. The number of benzene rings is 4. The molecule has 0 spiro atoms. The number of methoxy groups -OCH3 is 6. The molecule has 0 aromatic heterocycles. The Balaban J connectivity index is 1.96. The van der Waals surface area contributed by atoms with Crippen molar-refractivity contribution in [1.29, 1.82) is 0 Å². The van der Waals surface area contributed by atoms with E-state index in [0.717, 1.165) is 0 Å². The zero-order valence-corrected chi connectivity index (χ0v) is 27.7. The van der Waals surface area contributed by atoms with E-state index in [9.17, 15) is 20.4 Å². The van der Waals surface area contributed by atoms with Crippen LogP contribution in [0.1, 0.15) is 32.8 Å². The fourth-order valence-electron chi connectivity index (χ4n) is 4.89. The number of hydrogen-bond donors (Lipinski definition) is 4. The molecule has 0 bridgehead atoms. The van der Waals surface area contributed by atoms with Gasteiger partial charge in [0, 0.05) is 24.3 Å². The van der Waals surface area contributed by atoms with Crippen molar-refractivity contribution >= 4 is 23.9 Å². The third kappa shape index (κ3) is 8.11. The summed E-state index contributed by atoms with van der Waals surface area (Å²) in [5, 5.41) is 39.1. The van der Waals surface area contributed by atoms with Gasteiger partial charge in [0.15, 0.2) is 23.0 Å². The zero-order valence-electron chi connectivity index (χ0n) is 26.9. The Kier molecular flexibility index (Phi) is 11.6. The van der Waals surface area contributed by atoms with Crippen molar-refractivity contribution in [1.82, 2.24) is 0 Å². The monoisotopic (exact) mass is 662 g/mol. The Morgan fingerprint density at radius 3 is 1.09 bits per heavy atom. The van der Waals surface area contributed by atoms with Crippen molar-refractivity contribution < 1.29 is 48.8 Å². The average molecular weight is 663 g/mol. The highest BCUT2D eigenvalue weighted by atomic mass is 32.2. The number of hydrogen-bond acceptors (Lipinski definition) is 11. The van der Waals surface area contributed by atoms with E-state index >= 15 is 0 Å². The van der Waals surface area contributed by atoms with Crippen LogP contribution < -0.4 is 28.4 Å². The first-order valence-electron chi connectivity index (χ1n) is 14.3. The van der Waals surface area contributed by atoms with Crippen LogP contribution in [0.15, 0.2) is 72.8 Å². The Labute approximate surface area is 278 Å². The number of ether oxygens (including phenoxy) is 6. The quantitative estimate of drug-likeness (QED) is 0.0999. The molecule has 4 N–H and O–H groups in total. The van der Waals surface area contributed by atoms with Crippen molar-refractivity contribution in [3.63, 3.8) is 0 Å². The van der Waals surface area contributed by atoms with Crippen molar-refractivity contribution in [3.05, 3.63) is 95.1 Å². The van der Waals surface area contributed by atoms with E-state index in [1.807, 2.05) is 24.3 Å². The molecular weight excluding hydrogens is 624 g/mol. The summed E-state index contributed by atoms with van der Waals surface area (Å²) in [4.78, 5) is 0. The van der Waals surface area contributed by atoms with E-state index in [0.29, 0.717) is 56.8 Å². The minimum absolute atomic E-state index is 0.226. The molecule has 0 radical (unpaired) electrons. The second kappa shape index (κ2) is 15.8. The van der Waals surface area contributed by atoms with Gasteiger partial charge in [-0.1, -0.05) is 36.4 Å². The molecule has 4 aromatic carbocycles. The fraction of sp³-hybridized carbons (Fsp3) is 0.222. The van der Waals surface area contributed by atoms with Crippen molar-refractivity contribution in [2.45, 2.75) is 10.5 Å². The van der Waals surface area contributed by atoms with Crippen LogP contribution in [0.3, 0.4) is 0 Å². The van der Waals surface area contributed by atoms with Gasteiger partial charge in [0.25, 0.3) is 0 Å². The van der Waals surface area contributed by atoms with Crippen LogP contribution in [-0.4, -0.2) is 63.1 Å². The van der Waals surface area contributed by atoms with Gasteiger partial charge in [0.05, 0.1) is 64.3 Å². The highest BCUT2D eigenvalue weighted by Crippen LogP contribution is 2.53. The van der Waals surface area contributed by atoms with Crippen LogP contribution >= 0.6 is 11.8 Å². The molecule has 2 atom stereocenters. The van der Waals surface area contributed by atoms with E-state index in [4.69, 9.17) is 28.4 Å². The molecule has 248 valence electrons. The van der Waals surface area contributed by atoms with E-state index < -0.39 is 10.5 Å². The second-order valence-corrected chi connectivity index (χ2v) is 11.4. The van der Waals surface area contributed by atoms with Crippen LogP contribution in [-0.2, 0) is 0 Å². The van der Waals surface area contributed by atoms with Gasteiger partial charge in [-0.15, -0.1) is 11.8 Å². The highest BCUT2D eigenvalue weighted by Gasteiger charge is 2.28. The summed E-state index contributed by atoms with van der Waals surface area (Å²) in [6, 6.07) is 16.2. The molecule has 0 heterocycles. The van der Waals surface area contributed by atoms with Crippen molar-refractivity contribution in [3.8, 4) is 57.5 Å². The van der Waals surface area contributed by atoms with Gasteiger partial charge in [-0.3, -0.25) is 0 Å². The molecule has 2 unspecified atom stereocenters. The van der Waals surface area contributed by atoms with Gasteiger partial charge < -0.3 is 48.8 Å². The van der Waals surface area contributed by atoms with Gasteiger partial charge in [-0.2, -0.15) is 0 Å². The second-order valence-electron chi connectivity index (χ2n) is 10.1.